The molecule has 0 radical (unpaired) electrons. The van der Waals surface area contributed by atoms with Crippen molar-refractivity contribution in [2.24, 2.45) is 4.99 Å². The standard InChI is InChI=1S/C18H20N4O/c1-18(2)15(22-14-16(19)20-10-21-17(14)23-18)13-8-7-11-5-3-4-6-12(11)9-13/h7-10H,3-6H2,1-2H3,(H2,19,20,21). The van der Waals surface area contributed by atoms with Crippen LogP contribution in [0.15, 0.2) is 29.5 Å². The molecule has 0 atom stereocenters. The van der Waals surface area contributed by atoms with Gasteiger partial charge in [-0.2, -0.15) is 4.98 Å². The van der Waals surface area contributed by atoms with Crippen LogP contribution >= 0.6 is 0 Å². The van der Waals surface area contributed by atoms with E-state index in [2.05, 4.69) is 28.2 Å². The fraction of sp³-hybridized carbons (Fsp3) is 0.389. The molecule has 2 aromatic rings. The summed E-state index contributed by atoms with van der Waals surface area (Å²) in [7, 11) is 0. The number of aliphatic imine (C=N–C) groups is 1. The zero-order valence-corrected chi connectivity index (χ0v) is 13.5. The number of anilines is 1. The summed E-state index contributed by atoms with van der Waals surface area (Å²) in [6.45, 7) is 4.01. The van der Waals surface area contributed by atoms with Crippen molar-refractivity contribution in [1.82, 2.24) is 9.97 Å². The number of rotatable bonds is 1. The van der Waals surface area contributed by atoms with Gasteiger partial charge in [-0.05, 0) is 56.7 Å². The van der Waals surface area contributed by atoms with Gasteiger partial charge in [-0.15, -0.1) is 0 Å². The van der Waals surface area contributed by atoms with E-state index in [1.54, 1.807) is 0 Å². The van der Waals surface area contributed by atoms with Crippen molar-refractivity contribution >= 4 is 17.2 Å². The van der Waals surface area contributed by atoms with Crippen molar-refractivity contribution in [1.29, 1.82) is 0 Å². The van der Waals surface area contributed by atoms with Crippen LogP contribution in [-0.4, -0.2) is 21.3 Å². The first-order valence-electron chi connectivity index (χ1n) is 8.05. The third-order valence-electron chi connectivity index (χ3n) is 4.58. The Hall–Kier alpha value is -2.43. The molecule has 0 saturated carbocycles. The van der Waals surface area contributed by atoms with E-state index < -0.39 is 5.60 Å². The molecule has 0 unspecified atom stereocenters. The Balaban J connectivity index is 1.85. The van der Waals surface area contributed by atoms with Crippen LogP contribution in [0.3, 0.4) is 0 Å². The summed E-state index contributed by atoms with van der Waals surface area (Å²) in [6, 6.07) is 6.62. The topological polar surface area (TPSA) is 73.4 Å². The predicted octanol–water partition coefficient (Wildman–Crippen LogP) is 3.23. The smallest absolute Gasteiger partial charge is 0.246 e. The number of nitrogens with two attached hydrogens (primary N) is 1. The Morgan fingerprint density at radius 2 is 1.87 bits per heavy atom. The lowest BCUT2D eigenvalue weighted by Gasteiger charge is -2.32. The normalized spacial score (nSPS) is 18.4. The van der Waals surface area contributed by atoms with Crippen LogP contribution in [0.4, 0.5) is 11.5 Å². The number of ether oxygens (including phenoxy) is 1. The van der Waals surface area contributed by atoms with Crippen molar-refractivity contribution in [2.45, 2.75) is 45.1 Å². The molecule has 2 heterocycles. The first kappa shape index (κ1) is 14.2. The molecule has 23 heavy (non-hydrogen) atoms. The summed E-state index contributed by atoms with van der Waals surface area (Å²) in [4.78, 5) is 12.9. The van der Waals surface area contributed by atoms with Crippen LogP contribution < -0.4 is 10.5 Å². The summed E-state index contributed by atoms with van der Waals surface area (Å²) in [5.41, 5.74) is 10.8. The lowest BCUT2D eigenvalue weighted by Crippen LogP contribution is -2.41. The van der Waals surface area contributed by atoms with E-state index in [0.717, 1.165) is 17.7 Å². The number of nitrogen functional groups attached to an aromatic ring is 1. The van der Waals surface area contributed by atoms with Crippen molar-refractivity contribution in [3.8, 4) is 5.88 Å². The highest BCUT2D eigenvalue weighted by atomic mass is 16.5. The molecule has 4 rings (SSSR count). The van der Waals surface area contributed by atoms with Gasteiger partial charge in [-0.25, -0.2) is 9.98 Å². The van der Waals surface area contributed by atoms with Crippen molar-refractivity contribution < 1.29 is 4.74 Å². The first-order valence-corrected chi connectivity index (χ1v) is 8.05. The Labute approximate surface area is 135 Å². The fourth-order valence-electron chi connectivity index (χ4n) is 3.38. The molecule has 0 fully saturated rings. The number of fused-ring (bicyclic) bond motifs is 2. The zero-order valence-electron chi connectivity index (χ0n) is 13.5. The zero-order chi connectivity index (χ0) is 16.0. The third-order valence-corrected chi connectivity index (χ3v) is 4.58. The Kier molecular flexibility index (Phi) is 3.11. The van der Waals surface area contributed by atoms with Gasteiger partial charge in [0, 0.05) is 5.56 Å². The highest BCUT2D eigenvalue weighted by Gasteiger charge is 2.35. The number of nitrogens with zero attached hydrogens (tertiary/aromatic N) is 3. The number of hydrogen-bond donors (Lipinski definition) is 1. The summed E-state index contributed by atoms with van der Waals surface area (Å²) in [5.74, 6) is 0.796. The molecule has 118 valence electrons. The van der Waals surface area contributed by atoms with E-state index in [-0.39, 0.29) is 0 Å². The Morgan fingerprint density at radius 1 is 1.09 bits per heavy atom. The van der Waals surface area contributed by atoms with Gasteiger partial charge in [0.25, 0.3) is 0 Å². The van der Waals surface area contributed by atoms with Crippen molar-refractivity contribution in [2.75, 3.05) is 5.73 Å². The van der Waals surface area contributed by atoms with E-state index in [9.17, 15) is 0 Å². The van der Waals surface area contributed by atoms with E-state index in [4.69, 9.17) is 15.5 Å². The first-order chi connectivity index (χ1) is 11.0. The molecule has 5 nitrogen and oxygen atoms in total. The minimum Gasteiger partial charge on any atom is -0.463 e. The molecule has 0 amide bonds. The van der Waals surface area contributed by atoms with Crippen LogP contribution in [0, 0.1) is 0 Å². The second-order valence-corrected chi connectivity index (χ2v) is 6.68. The molecule has 1 aliphatic carbocycles. The summed E-state index contributed by atoms with van der Waals surface area (Å²) in [5, 5.41) is 0. The van der Waals surface area contributed by atoms with Crippen LogP contribution in [0.25, 0.3) is 0 Å². The molecule has 1 aromatic heterocycles. The van der Waals surface area contributed by atoms with Crippen LogP contribution in [0.5, 0.6) is 5.88 Å². The van der Waals surface area contributed by atoms with E-state index in [0.29, 0.717) is 17.4 Å². The van der Waals surface area contributed by atoms with Gasteiger partial charge < -0.3 is 10.5 Å². The lowest BCUT2D eigenvalue weighted by molar-refractivity contribution is 0.171. The Bertz CT molecular complexity index is 811. The second kappa shape index (κ2) is 5.05. The molecular formula is C18H20N4O. The number of benzene rings is 1. The third kappa shape index (κ3) is 2.36. The van der Waals surface area contributed by atoms with Crippen molar-refractivity contribution in [3.63, 3.8) is 0 Å². The summed E-state index contributed by atoms with van der Waals surface area (Å²) < 4.78 is 6.05. The highest BCUT2D eigenvalue weighted by molar-refractivity contribution is 6.09. The Morgan fingerprint density at radius 3 is 2.70 bits per heavy atom. The molecular weight excluding hydrogens is 288 g/mol. The van der Waals surface area contributed by atoms with E-state index in [1.165, 1.54) is 36.7 Å². The lowest BCUT2D eigenvalue weighted by atomic mass is 9.87. The van der Waals surface area contributed by atoms with Gasteiger partial charge in [0.1, 0.15) is 11.9 Å². The van der Waals surface area contributed by atoms with Crippen LogP contribution in [0.1, 0.15) is 43.4 Å². The fourth-order valence-corrected chi connectivity index (χ4v) is 3.38. The number of hydrogen-bond acceptors (Lipinski definition) is 5. The van der Waals surface area contributed by atoms with Gasteiger partial charge in [-0.3, -0.25) is 0 Å². The SMILES string of the molecule is CC1(C)Oc2ncnc(N)c2N=C1c1ccc2c(c1)CCCC2. The summed E-state index contributed by atoms with van der Waals surface area (Å²) in [6.07, 6.45) is 6.25. The van der Waals surface area contributed by atoms with Gasteiger partial charge in [0.15, 0.2) is 11.5 Å². The average molecular weight is 308 g/mol. The van der Waals surface area contributed by atoms with E-state index in [1.807, 2.05) is 13.8 Å². The maximum Gasteiger partial charge on any atom is 0.246 e. The van der Waals surface area contributed by atoms with Crippen LogP contribution in [-0.2, 0) is 12.8 Å². The van der Waals surface area contributed by atoms with Gasteiger partial charge >= 0.3 is 0 Å². The maximum atomic E-state index is 6.05. The van der Waals surface area contributed by atoms with Crippen LogP contribution in [0.2, 0.25) is 0 Å². The quantitative estimate of drug-likeness (QED) is 0.877. The summed E-state index contributed by atoms with van der Waals surface area (Å²) >= 11 is 0. The predicted molar refractivity (Wildman–Crippen MR) is 90.4 cm³/mol. The van der Waals surface area contributed by atoms with Crippen molar-refractivity contribution in [3.05, 3.63) is 41.2 Å². The molecule has 0 spiro atoms. The minimum absolute atomic E-state index is 0.348. The molecule has 0 saturated heterocycles. The molecule has 5 heteroatoms. The molecule has 1 aliphatic heterocycles. The maximum absolute atomic E-state index is 6.05. The number of aromatic nitrogens is 2. The monoisotopic (exact) mass is 308 g/mol. The molecule has 2 N–H and O–H groups in total. The molecule has 1 aromatic carbocycles. The molecule has 2 aliphatic rings. The molecule has 0 bridgehead atoms. The van der Waals surface area contributed by atoms with Gasteiger partial charge in [0.2, 0.25) is 5.88 Å². The second-order valence-electron chi connectivity index (χ2n) is 6.68. The highest BCUT2D eigenvalue weighted by Crippen LogP contribution is 2.39. The van der Waals surface area contributed by atoms with Gasteiger partial charge in [-0.1, -0.05) is 12.1 Å². The minimum atomic E-state index is -0.559. The largest absolute Gasteiger partial charge is 0.463 e. The van der Waals surface area contributed by atoms with Gasteiger partial charge in [0.05, 0.1) is 5.71 Å². The van der Waals surface area contributed by atoms with E-state index >= 15 is 0 Å². The number of aryl methyl sites for hydroxylation is 2. The average Bonchev–Trinajstić information content (AvgIpc) is 2.53.